The Balaban J connectivity index is 1.36. The number of aryl methyl sites for hydroxylation is 2. The molecule has 0 unspecified atom stereocenters. The van der Waals surface area contributed by atoms with Gasteiger partial charge in [-0.05, 0) is 97.9 Å². The topological polar surface area (TPSA) is 50.5 Å². The van der Waals surface area contributed by atoms with Crippen LogP contribution in [0.5, 0.6) is 11.5 Å². The lowest BCUT2D eigenvalue weighted by Crippen LogP contribution is -2.29. The van der Waals surface area contributed by atoms with Gasteiger partial charge in [0.1, 0.15) is 29.1 Å². The molecule has 0 saturated carbocycles. The van der Waals surface area contributed by atoms with E-state index in [0.29, 0.717) is 10.1 Å². The van der Waals surface area contributed by atoms with Gasteiger partial charge in [0, 0.05) is 22.5 Å². The third-order valence-electron chi connectivity index (χ3n) is 6.91. The highest BCUT2D eigenvalue weighted by atomic mass is 35.5. The van der Waals surface area contributed by atoms with Crippen molar-refractivity contribution in [3.8, 4) is 22.8 Å². The van der Waals surface area contributed by atoms with Crippen LogP contribution in [-0.2, 0) is 0 Å². The molecule has 2 atom stereocenters. The summed E-state index contributed by atoms with van der Waals surface area (Å²) < 4.78 is 12.6. The second kappa shape index (κ2) is 10.6. The van der Waals surface area contributed by atoms with Gasteiger partial charge in [0.2, 0.25) is 0 Å². The second-order valence-electron chi connectivity index (χ2n) is 9.52. The average molecular weight is 552 g/mol. The van der Waals surface area contributed by atoms with E-state index in [9.17, 15) is 0 Å². The Kier molecular flexibility index (Phi) is 6.81. The van der Waals surface area contributed by atoms with E-state index >= 15 is 0 Å². The van der Waals surface area contributed by atoms with Crippen molar-refractivity contribution in [1.82, 2.24) is 10.3 Å². The van der Waals surface area contributed by atoms with Crippen LogP contribution in [0.4, 0.5) is 5.69 Å². The number of furan rings is 1. The van der Waals surface area contributed by atoms with Gasteiger partial charge in [-0.3, -0.25) is 4.98 Å². The summed E-state index contributed by atoms with van der Waals surface area (Å²) in [6.07, 6.45) is 1.79. The van der Waals surface area contributed by atoms with E-state index in [2.05, 4.69) is 15.2 Å². The summed E-state index contributed by atoms with van der Waals surface area (Å²) in [4.78, 5) is 6.71. The monoisotopic (exact) mass is 551 g/mol. The lowest BCUT2D eigenvalue weighted by Gasteiger charge is -2.26. The summed E-state index contributed by atoms with van der Waals surface area (Å²) in [5.41, 5.74) is 4.82. The normalized spacial score (nSPS) is 16.8. The van der Waals surface area contributed by atoms with Crippen molar-refractivity contribution in [2.75, 3.05) is 4.90 Å². The maximum atomic E-state index is 6.46. The van der Waals surface area contributed by atoms with E-state index in [4.69, 9.17) is 33.0 Å². The lowest BCUT2D eigenvalue weighted by atomic mass is 10.0. The quantitative estimate of drug-likeness (QED) is 0.213. The molecule has 1 saturated heterocycles. The van der Waals surface area contributed by atoms with Crippen molar-refractivity contribution in [1.29, 1.82) is 0 Å². The Morgan fingerprint density at radius 3 is 2.44 bits per heavy atom. The first kappa shape index (κ1) is 25.2. The number of anilines is 1. The van der Waals surface area contributed by atoms with Gasteiger partial charge in [0.25, 0.3) is 0 Å². The summed E-state index contributed by atoms with van der Waals surface area (Å²) in [6, 6.07) is 31.2. The second-order valence-corrected chi connectivity index (χ2v) is 10.3. The van der Waals surface area contributed by atoms with Crippen LogP contribution in [0.1, 0.15) is 34.7 Å². The number of halogens is 1. The number of nitrogens with zero attached hydrogens (tertiary/aromatic N) is 2. The highest BCUT2D eigenvalue weighted by molar-refractivity contribution is 7.80. The molecule has 6 rings (SSSR count). The fourth-order valence-corrected chi connectivity index (χ4v) is 5.33. The van der Waals surface area contributed by atoms with Crippen molar-refractivity contribution >= 4 is 34.6 Å². The Labute approximate surface area is 238 Å². The van der Waals surface area contributed by atoms with E-state index in [1.165, 1.54) is 0 Å². The van der Waals surface area contributed by atoms with Gasteiger partial charge < -0.3 is 19.4 Å². The molecule has 194 valence electrons. The zero-order chi connectivity index (χ0) is 26.9. The minimum atomic E-state index is -0.259. The first-order chi connectivity index (χ1) is 19.0. The number of ether oxygens (including phenoxy) is 1. The van der Waals surface area contributed by atoms with Crippen LogP contribution in [0.3, 0.4) is 0 Å². The molecular weight excluding hydrogens is 526 g/mol. The molecule has 5 aromatic rings. The molecular formula is C32H26ClN3O2S. The molecule has 0 amide bonds. The molecule has 1 N–H and O–H groups in total. The largest absolute Gasteiger partial charge is 0.459 e. The molecule has 0 bridgehead atoms. The number of aromatic nitrogens is 1. The third kappa shape index (κ3) is 5.01. The first-order valence-electron chi connectivity index (χ1n) is 12.7. The van der Waals surface area contributed by atoms with Crippen molar-refractivity contribution < 1.29 is 9.15 Å². The average Bonchev–Trinajstić information content (AvgIpc) is 3.57. The Morgan fingerprint density at radius 2 is 1.69 bits per heavy atom. The molecule has 0 spiro atoms. The third-order valence-corrected chi connectivity index (χ3v) is 7.63. The van der Waals surface area contributed by atoms with Gasteiger partial charge in [0.15, 0.2) is 5.11 Å². The molecule has 1 aliphatic heterocycles. The SMILES string of the molecule is Cc1ccc(-c2ccc([C@H]3[C@@H](c4ccccn4)NC(=S)N3c3ccc(Oc4ccccc4C)cc3)o2)cc1Cl. The van der Waals surface area contributed by atoms with Crippen LogP contribution >= 0.6 is 23.8 Å². The van der Waals surface area contributed by atoms with E-state index in [1.54, 1.807) is 6.20 Å². The standard InChI is InChI=1S/C32H26ClN3O2S/c1-20-10-11-22(19-25(20)33)28-16-17-29(38-28)31-30(26-8-5-6-18-34-26)35-32(39)36(31)23-12-14-24(15-13-23)37-27-9-4-3-7-21(27)2/h3-19,30-31H,1-2H3,(H,35,39)/t30-,31+/m1/s1. The van der Waals surface area contributed by atoms with E-state index < -0.39 is 0 Å². The molecule has 2 aromatic heterocycles. The fraction of sp³-hybridized carbons (Fsp3) is 0.125. The number of pyridine rings is 1. The van der Waals surface area contributed by atoms with E-state index in [0.717, 1.165) is 51.1 Å². The van der Waals surface area contributed by atoms with E-state index in [-0.39, 0.29) is 12.1 Å². The van der Waals surface area contributed by atoms with Gasteiger partial charge >= 0.3 is 0 Å². The van der Waals surface area contributed by atoms with Crippen LogP contribution < -0.4 is 15.0 Å². The summed E-state index contributed by atoms with van der Waals surface area (Å²) in [6.45, 7) is 4.01. The van der Waals surface area contributed by atoms with Crippen LogP contribution in [-0.4, -0.2) is 10.1 Å². The predicted octanol–water partition coefficient (Wildman–Crippen LogP) is 8.58. The van der Waals surface area contributed by atoms with Crippen molar-refractivity contribution in [2.45, 2.75) is 25.9 Å². The molecule has 1 fully saturated rings. The predicted molar refractivity (Wildman–Crippen MR) is 160 cm³/mol. The number of benzene rings is 3. The summed E-state index contributed by atoms with van der Waals surface area (Å²) in [7, 11) is 0. The fourth-order valence-electron chi connectivity index (χ4n) is 4.81. The zero-order valence-corrected chi connectivity index (χ0v) is 23.0. The van der Waals surface area contributed by atoms with Gasteiger partial charge in [-0.25, -0.2) is 0 Å². The van der Waals surface area contributed by atoms with Crippen LogP contribution in [0.2, 0.25) is 5.02 Å². The molecule has 3 aromatic carbocycles. The Morgan fingerprint density at radius 1 is 0.897 bits per heavy atom. The minimum absolute atomic E-state index is 0.206. The molecule has 7 heteroatoms. The molecule has 0 radical (unpaired) electrons. The number of hydrogen-bond acceptors (Lipinski definition) is 4. The number of thiocarbonyl (C=S) groups is 1. The lowest BCUT2D eigenvalue weighted by molar-refractivity contribution is 0.439. The molecule has 5 nitrogen and oxygen atoms in total. The molecule has 3 heterocycles. The summed E-state index contributed by atoms with van der Waals surface area (Å²) in [5.74, 6) is 3.09. The number of nitrogens with one attached hydrogen (secondary N) is 1. The summed E-state index contributed by atoms with van der Waals surface area (Å²) in [5, 5.41) is 4.78. The van der Waals surface area contributed by atoms with Gasteiger partial charge in [0.05, 0.1) is 11.7 Å². The molecule has 0 aliphatic carbocycles. The number of para-hydroxylation sites is 1. The number of hydrogen-bond donors (Lipinski definition) is 1. The zero-order valence-electron chi connectivity index (χ0n) is 21.5. The van der Waals surface area contributed by atoms with Crippen molar-refractivity contribution in [2.24, 2.45) is 0 Å². The molecule has 1 aliphatic rings. The van der Waals surface area contributed by atoms with Crippen LogP contribution in [0.25, 0.3) is 11.3 Å². The highest BCUT2D eigenvalue weighted by Gasteiger charge is 2.42. The van der Waals surface area contributed by atoms with E-state index in [1.807, 2.05) is 111 Å². The van der Waals surface area contributed by atoms with Gasteiger partial charge in [-0.2, -0.15) is 0 Å². The summed E-state index contributed by atoms with van der Waals surface area (Å²) >= 11 is 12.3. The highest BCUT2D eigenvalue weighted by Crippen LogP contribution is 2.43. The van der Waals surface area contributed by atoms with Crippen LogP contribution in [0, 0.1) is 13.8 Å². The van der Waals surface area contributed by atoms with Gasteiger partial charge in [-0.1, -0.05) is 48.0 Å². The maximum Gasteiger partial charge on any atom is 0.174 e. The molecule has 39 heavy (non-hydrogen) atoms. The van der Waals surface area contributed by atoms with Gasteiger partial charge in [-0.15, -0.1) is 0 Å². The van der Waals surface area contributed by atoms with Crippen molar-refractivity contribution in [3.63, 3.8) is 0 Å². The number of rotatable bonds is 6. The smallest absolute Gasteiger partial charge is 0.174 e. The van der Waals surface area contributed by atoms with Crippen molar-refractivity contribution in [3.05, 3.63) is 131 Å². The minimum Gasteiger partial charge on any atom is -0.459 e. The maximum absolute atomic E-state index is 6.46. The van der Waals surface area contributed by atoms with Crippen LogP contribution in [0.15, 0.2) is 108 Å². The Hall–Kier alpha value is -4.13. The Bertz CT molecular complexity index is 1640. The first-order valence-corrected chi connectivity index (χ1v) is 13.5.